The van der Waals surface area contributed by atoms with Gasteiger partial charge >= 0.3 is 11.1 Å². The second-order valence-corrected chi connectivity index (χ2v) is 5.05. The number of hydrogen-bond donors (Lipinski definition) is 0. The van der Waals surface area contributed by atoms with Crippen molar-refractivity contribution < 1.29 is 0 Å². The van der Waals surface area contributed by atoms with Gasteiger partial charge in [-0.25, -0.2) is 0 Å². The van der Waals surface area contributed by atoms with Crippen LogP contribution in [0, 0.1) is 0 Å². The Morgan fingerprint density at radius 2 is 1.45 bits per heavy atom. The molecule has 0 heterocycles. The van der Waals surface area contributed by atoms with E-state index in [1.807, 2.05) is 13.8 Å². The number of hydrogen-bond acceptors (Lipinski definition) is 0. The van der Waals surface area contributed by atoms with Crippen molar-refractivity contribution in [1.29, 1.82) is 0 Å². The average Bonchev–Trinajstić information content (AvgIpc) is 1.87. The summed E-state index contributed by atoms with van der Waals surface area (Å²) in [6, 6.07) is 0. The maximum absolute atomic E-state index is 5.76. The van der Waals surface area contributed by atoms with E-state index >= 15 is 0 Å². The summed E-state index contributed by atoms with van der Waals surface area (Å²) in [5, 5.41) is -0.388. The summed E-state index contributed by atoms with van der Waals surface area (Å²) in [4.78, 5) is 0. The molecule has 0 radical (unpaired) electrons. The molecule has 0 saturated heterocycles. The normalized spacial score (nSPS) is 11.5. The van der Waals surface area contributed by atoms with Gasteiger partial charge in [-0.05, 0) is 5.21 Å². The molecule has 0 spiro atoms. The predicted molar refractivity (Wildman–Crippen MR) is 58.2 cm³/mol. The molecule has 0 amide bonds. The summed E-state index contributed by atoms with van der Waals surface area (Å²) >= 11 is 23.0. The van der Waals surface area contributed by atoms with E-state index in [1.54, 1.807) is 0 Å². The van der Waals surface area contributed by atoms with Crippen molar-refractivity contribution in [3.8, 4) is 0 Å². The van der Waals surface area contributed by atoms with Gasteiger partial charge in [-0.1, -0.05) is 26.7 Å². The monoisotopic (exact) mass is 232 g/mol. The molecule has 64 valence electrons. The molecular weight excluding hydrogens is 223 g/mol. The molecule has 0 nitrogen and oxygen atoms in total. The number of halogens is 4. The van der Waals surface area contributed by atoms with Gasteiger partial charge in [0.1, 0.15) is 0 Å². The van der Waals surface area contributed by atoms with E-state index in [1.165, 1.54) is 0 Å². The van der Waals surface area contributed by atoms with Crippen LogP contribution in [0.15, 0.2) is 0 Å². The Hall–Kier alpha value is 1.29. The zero-order chi connectivity index (χ0) is 9.07. The van der Waals surface area contributed by atoms with Gasteiger partial charge < -0.3 is 0 Å². The van der Waals surface area contributed by atoms with Crippen LogP contribution >= 0.6 is 45.8 Å². The van der Waals surface area contributed by atoms with E-state index in [0.29, 0.717) is 0 Å². The molecule has 0 aliphatic heterocycles. The lowest BCUT2D eigenvalue weighted by Crippen LogP contribution is -2.30. The van der Waals surface area contributed by atoms with Crippen LogP contribution in [0.25, 0.3) is 0 Å². The van der Waals surface area contributed by atoms with Crippen LogP contribution in [-0.4, -0.2) is 11.1 Å². The molecule has 0 aromatic heterocycles. The van der Waals surface area contributed by atoms with Gasteiger partial charge in [0.05, 0.1) is 0 Å². The van der Waals surface area contributed by atoms with Crippen LogP contribution in [0.2, 0.25) is 5.21 Å². The Labute approximate surface area is 88.7 Å². The third-order valence-electron chi connectivity index (χ3n) is 1.79. The molecule has 0 N–H and O–H groups in total. The summed E-state index contributed by atoms with van der Waals surface area (Å²) in [6.45, 7) is 3.94. The largest absolute Gasteiger partial charge is 0.353 e. The second-order valence-electron chi connectivity index (χ2n) is 2.86. The molecule has 0 aliphatic carbocycles. The Balaban J connectivity index is 4.26. The smallest absolute Gasteiger partial charge is 0.172 e. The quantitative estimate of drug-likeness (QED) is 0.644. The third-order valence-corrected chi connectivity index (χ3v) is 3.78. The highest BCUT2D eigenvalue weighted by Gasteiger charge is 2.43. The fraction of sp³-hybridized carbons (Fsp3) is 1.00. The highest BCUT2D eigenvalue weighted by Crippen LogP contribution is 2.44. The summed E-state index contributed by atoms with van der Waals surface area (Å²) in [5.74, 6) is 0. The number of rotatable bonds is 4. The predicted octanol–water partition coefficient (Wildman–Crippen LogP) is 4.02. The zero-order valence-corrected chi connectivity index (χ0v) is 9.60. The van der Waals surface area contributed by atoms with E-state index in [2.05, 4.69) is 0 Å². The topological polar surface area (TPSA) is 0 Å². The molecule has 0 aromatic rings. The summed E-state index contributed by atoms with van der Waals surface area (Å²) < 4.78 is 0. The van der Waals surface area contributed by atoms with Crippen LogP contribution in [0.4, 0.5) is 0 Å². The molecule has 0 fully saturated rings. The molecule has 0 saturated carbocycles. The summed E-state index contributed by atoms with van der Waals surface area (Å²) in [5.41, 5.74) is -1.02. The standard InChI is InChI=1S/C5H10B2Cl4/c1-3-4-5(2,6(8)9)7(10)11/h3-4H2,1-2H3. The van der Waals surface area contributed by atoms with E-state index in [-0.39, 0.29) is 5.21 Å². The van der Waals surface area contributed by atoms with E-state index < -0.39 is 11.1 Å². The van der Waals surface area contributed by atoms with Crippen LogP contribution in [0.5, 0.6) is 0 Å². The van der Waals surface area contributed by atoms with Crippen molar-refractivity contribution in [3.63, 3.8) is 0 Å². The average molecular weight is 234 g/mol. The first-order chi connectivity index (χ1) is 4.95. The Morgan fingerprint density at radius 1 is 1.09 bits per heavy atom. The molecule has 0 unspecified atom stereocenters. The highest BCUT2D eigenvalue weighted by molar-refractivity contribution is 7.46. The second kappa shape index (κ2) is 5.11. The highest BCUT2D eigenvalue weighted by atomic mass is 35.5. The van der Waals surface area contributed by atoms with Crippen LogP contribution < -0.4 is 0 Å². The summed E-state index contributed by atoms with van der Waals surface area (Å²) in [7, 11) is 0. The lowest BCUT2D eigenvalue weighted by Gasteiger charge is -2.27. The Kier molecular flexibility index (Phi) is 5.71. The van der Waals surface area contributed by atoms with Gasteiger partial charge in [-0.3, -0.25) is 0 Å². The fourth-order valence-corrected chi connectivity index (χ4v) is 2.05. The molecule has 0 rings (SSSR count). The van der Waals surface area contributed by atoms with Crippen LogP contribution in [-0.2, 0) is 0 Å². The van der Waals surface area contributed by atoms with Gasteiger partial charge in [-0.2, -0.15) is 45.8 Å². The molecular formula is C5H10B2Cl4. The molecule has 0 bridgehead atoms. The van der Waals surface area contributed by atoms with Gasteiger partial charge in [-0.15, -0.1) is 0 Å². The van der Waals surface area contributed by atoms with Crippen molar-refractivity contribution in [2.45, 2.75) is 31.9 Å². The van der Waals surface area contributed by atoms with Crippen molar-refractivity contribution in [1.82, 2.24) is 0 Å². The first kappa shape index (κ1) is 12.3. The van der Waals surface area contributed by atoms with Crippen molar-refractivity contribution in [3.05, 3.63) is 0 Å². The van der Waals surface area contributed by atoms with E-state index in [9.17, 15) is 0 Å². The lowest BCUT2D eigenvalue weighted by atomic mass is 9.50. The molecule has 0 aliphatic rings. The maximum atomic E-state index is 5.76. The first-order valence-electron chi connectivity index (χ1n) is 3.51. The van der Waals surface area contributed by atoms with E-state index in [4.69, 9.17) is 45.8 Å². The fourth-order valence-electron chi connectivity index (χ4n) is 0.852. The van der Waals surface area contributed by atoms with E-state index in [0.717, 1.165) is 12.8 Å². The van der Waals surface area contributed by atoms with Crippen molar-refractivity contribution in [2.75, 3.05) is 0 Å². The minimum absolute atomic E-state index is 0.388. The molecule has 11 heavy (non-hydrogen) atoms. The lowest BCUT2D eigenvalue weighted by molar-refractivity contribution is 0.705. The maximum Gasteiger partial charge on any atom is 0.353 e. The third kappa shape index (κ3) is 3.26. The SMILES string of the molecule is CCCC(C)(B(Cl)Cl)B(Cl)Cl. The van der Waals surface area contributed by atoms with Crippen LogP contribution in [0.3, 0.4) is 0 Å². The Bertz CT molecular complexity index is 109. The minimum atomic E-state index is -0.512. The first-order valence-corrected chi connectivity index (χ1v) is 5.26. The van der Waals surface area contributed by atoms with Crippen molar-refractivity contribution >= 4 is 56.9 Å². The van der Waals surface area contributed by atoms with Crippen molar-refractivity contribution in [2.24, 2.45) is 0 Å². The molecule has 0 atom stereocenters. The molecule has 0 aromatic carbocycles. The van der Waals surface area contributed by atoms with Gasteiger partial charge in [0.15, 0.2) is 0 Å². The van der Waals surface area contributed by atoms with Gasteiger partial charge in [0.25, 0.3) is 0 Å². The Morgan fingerprint density at radius 3 is 1.55 bits per heavy atom. The van der Waals surface area contributed by atoms with Gasteiger partial charge in [0.2, 0.25) is 0 Å². The molecule has 6 heteroatoms. The summed E-state index contributed by atoms with van der Waals surface area (Å²) in [6.07, 6.45) is 1.81. The van der Waals surface area contributed by atoms with Gasteiger partial charge in [0, 0.05) is 0 Å². The van der Waals surface area contributed by atoms with Crippen LogP contribution in [0.1, 0.15) is 26.7 Å². The minimum Gasteiger partial charge on any atom is -0.172 e. The zero-order valence-electron chi connectivity index (χ0n) is 6.58.